The standard InChI is InChI=1S/C21H19N3O6/c22-5-7-24(8-6-23)21(29)13-9-12-18(27)14-15(19(28)20(12)30-13)17(26)11-4-2-1-3-10(11)16(14)25/h1-4,9,25-26H,5-8,22-23H2. The van der Waals surface area contributed by atoms with Gasteiger partial charge >= 0.3 is 0 Å². The van der Waals surface area contributed by atoms with Gasteiger partial charge in [-0.25, -0.2) is 0 Å². The van der Waals surface area contributed by atoms with Crippen LogP contribution in [-0.4, -0.2) is 58.8 Å². The van der Waals surface area contributed by atoms with Gasteiger partial charge in [0.1, 0.15) is 11.5 Å². The minimum atomic E-state index is -0.790. The molecule has 4 rings (SSSR count). The van der Waals surface area contributed by atoms with Crippen LogP contribution < -0.4 is 11.5 Å². The van der Waals surface area contributed by atoms with E-state index in [1.807, 2.05) is 0 Å². The molecule has 1 aromatic heterocycles. The zero-order chi connectivity index (χ0) is 21.6. The summed E-state index contributed by atoms with van der Waals surface area (Å²) in [6.07, 6.45) is 0. The highest BCUT2D eigenvalue weighted by Gasteiger charge is 2.40. The van der Waals surface area contributed by atoms with Crippen LogP contribution in [0.5, 0.6) is 11.5 Å². The maximum absolute atomic E-state index is 13.1. The van der Waals surface area contributed by atoms with Crippen LogP contribution in [0.3, 0.4) is 0 Å². The van der Waals surface area contributed by atoms with Crippen molar-refractivity contribution in [1.82, 2.24) is 4.90 Å². The minimum absolute atomic E-state index is 0.152. The molecule has 0 saturated heterocycles. The number of hydrogen-bond donors (Lipinski definition) is 4. The number of rotatable bonds is 5. The predicted octanol–water partition coefficient (Wildman–Crippen LogP) is 0.979. The van der Waals surface area contributed by atoms with Crippen molar-refractivity contribution in [3.8, 4) is 11.5 Å². The molecule has 0 aliphatic heterocycles. The second kappa shape index (κ2) is 7.29. The summed E-state index contributed by atoms with van der Waals surface area (Å²) in [5.41, 5.74) is 10.2. The summed E-state index contributed by atoms with van der Waals surface area (Å²) in [5, 5.41) is 21.8. The highest BCUT2D eigenvalue weighted by molar-refractivity contribution is 6.32. The number of carbonyl (C=O) groups excluding carboxylic acids is 3. The van der Waals surface area contributed by atoms with E-state index in [2.05, 4.69) is 0 Å². The van der Waals surface area contributed by atoms with E-state index in [-0.39, 0.29) is 65.2 Å². The number of nitrogens with zero attached hydrogens (tertiary/aromatic N) is 1. The number of amides is 1. The Labute approximate surface area is 170 Å². The first kappa shape index (κ1) is 19.6. The Morgan fingerprint density at radius 2 is 1.47 bits per heavy atom. The summed E-state index contributed by atoms with van der Waals surface area (Å²) < 4.78 is 5.45. The fraction of sp³-hybridized carbons (Fsp3) is 0.190. The molecule has 30 heavy (non-hydrogen) atoms. The Bertz CT molecular complexity index is 1130. The molecule has 1 aliphatic rings. The topological polar surface area (TPSA) is 160 Å². The van der Waals surface area contributed by atoms with Crippen LogP contribution in [0.15, 0.2) is 34.7 Å². The van der Waals surface area contributed by atoms with Crippen molar-refractivity contribution < 1.29 is 29.0 Å². The fourth-order valence-electron chi connectivity index (χ4n) is 3.71. The average Bonchev–Trinajstić information content (AvgIpc) is 3.20. The third-order valence-electron chi connectivity index (χ3n) is 5.09. The molecule has 3 aromatic rings. The number of fused-ring (bicyclic) bond motifs is 3. The van der Waals surface area contributed by atoms with Gasteiger partial charge < -0.3 is 31.0 Å². The van der Waals surface area contributed by atoms with Gasteiger partial charge in [0.25, 0.3) is 5.91 Å². The van der Waals surface area contributed by atoms with Crippen LogP contribution >= 0.6 is 0 Å². The Balaban J connectivity index is 1.87. The maximum atomic E-state index is 13.1. The molecule has 0 fully saturated rings. The second-order valence-electron chi connectivity index (χ2n) is 6.87. The molecule has 0 bridgehead atoms. The number of nitrogens with two attached hydrogens (primary N) is 2. The highest BCUT2D eigenvalue weighted by atomic mass is 16.4. The van der Waals surface area contributed by atoms with E-state index >= 15 is 0 Å². The number of hydrogen-bond acceptors (Lipinski definition) is 8. The van der Waals surface area contributed by atoms with Gasteiger partial charge in [-0.2, -0.15) is 0 Å². The lowest BCUT2D eigenvalue weighted by Crippen LogP contribution is -2.38. The summed E-state index contributed by atoms with van der Waals surface area (Å²) in [5.74, 6) is -3.50. The maximum Gasteiger partial charge on any atom is 0.289 e. The monoisotopic (exact) mass is 409 g/mol. The van der Waals surface area contributed by atoms with E-state index in [0.29, 0.717) is 0 Å². The molecule has 154 valence electrons. The predicted molar refractivity (Wildman–Crippen MR) is 107 cm³/mol. The molecule has 1 heterocycles. The summed E-state index contributed by atoms with van der Waals surface area (Å²) in [6.45, 7) is 0.834. The molecular weight excluding hydrogens is 390 g/mol. The van der Waals surface area contributed by atoms with E-state index in [9.17, 15) is 24.6 Å². The molecule has 9 nitrogen and oxygen atoms in total. The zero-order valence-electron chi connectivity index (χ0n) is 15.8. The first-order valence-corrected chi connectivity index (χ1v) is 9.30. The number of phenolic OH excluding ortho intramolecular Hbond substituents is 2. The van der Waals surface area contributed by atoms with Gasteiger partial charge in [-0.05, 0) is 0 Å². The van der Waals surface area contributed by atoms with Gasteiger partial charge in [0, 0.05) is 43.0 Å². The van der Waals surface area contributed by atoms with Gasteiger partial charge in [-0.15, -0.1) is 0 Å². The van der Waals surface area contributed by atoms with Crippen LogP contribution in [0.1, 0.15) is 42.6 Å². The van der Waals surface area contributed by atoms with Crippen LogP contribution in [0.25, 0.3) is 10.8 Å². The molecule has 0 unspecified atom stereocenters. The second-order valence-corrected chi connectivity index (χ2v) is 6.87. The first-order valence-electron chi connectivity index (χ1n) is 9.30. The van der Waals surface area contributed by atoms with Crippen molar-refractivity contribution in [2.24, 2.45) is 11.5 Å². The lowest BCUT2D eigenvalue weighted by atomic mass is 9.85. The molecule has 0 radical (unpaired) electrons. The van der Waals surface area contributed by atoms with E-state index in [4.69, 9.17) is 15.9 Å². The Morgan fingerprint density at radius 1 is 0.933 bits per heavy atom. The van der Waals surface area contributed by atoms with Gasteiger partial charge in [-0.1, -0.05) is 24.3 Å². The van der Waals surface area contributed by atoms with E-state index in [1.54, 1.807) is 12.1 Å². The lowest BCUT2D eigenvalue weighted by molar-refractivity contribution is 0.0730. The summed E-state index contributed by atoms with van der Waals surface area (Å²) in [7, 11) is 0. The number of furan rings is 1. The van der Waals surface area contributed by atoms with Crippen molar-refractivity contribution in [3.05, 3.63) is 58.5 Å². The van der Waals surface area contributed by atoms with Crippen molar-refractivity contribution in [3.63, 3.8) is 0 Å². The Hall–Kier alpha value is -3.69. The van der Waals surface area contributed by atoms with Crippen LogP contribution in [-0.2, 0) is 0 Å². The normalized spacial score (nSPS) is 12.7. The smallest absolute Gasteiger partial charge is 0.289 e. The number of carbonyl (C=O) groups is 3. The van der Waals surface area contributed by atoms with Crippen LogP contribution in [0.2, 0.25) is 0 Å². The third kappa shape index (κ3) is 2.75. The van der Waals surface area contributed by atoms with Crippen LogP contribution in [0, 0.1) is 0 Å². The van der Waals surface area contributed by atoms with E-state index in [0.717, 1.165) is 0 Å². The van der Waals surface area contributed by atoms with Gasteiger partial charge in [0.05, 0.1) is 16.7 Å². The molecular formula is C21H19N3O6. The summed E-state index contributed by atoms with van der Waals surface area (Å²) in [4.78, 5) is 40.2. The van der Waals surface area contributed by atoms with Gasteiger partial charge in [-0.3, -0.25) is 14.4 Å². The van der Waals surface area contributed by atoms with E-state index < -0.39 is 29.0 Å². The zero-order valence-corrected chi connectivity index (χ0v) is 15.8. The average molecular weight is 409 g/mol. The molecule has 1 aliphatic carbocycles. The van der Waals surface area contributed by atoms with E-state index in [1.165, 1.54) is 23.1 Å². The Kier molecular flexibility index (Phi) is 4.76. The fourth-order valence-corrected chi connectivity index (χ4v) is 3.71. The summed E-state index contributed by atoms with van der Waals surface area (Å²) in [6, 6.07) is 7.48. The van der Waals surface area contributed by atoms with Gasteiger partial charge in [0.2, 0.25) is 11.6 Å². The van der Waals surface area contributed by atoms with Crippen LogP contribution in [0.4, 0.5) is 0 Å². The van der Waals surface area contributed by atoms with Crippen molar-refractivity contribution >= 4 is 28.2 Å². The number of phenols is 2. The van der Waals surface area contributed by atoms with Crippen molar-refractivity contribution in [2.75, 3.05) is 26.2 Å². The lowest BCUT2D eigenvalue weighted by Gasteiger charge is -2.19. The number of aromatic hydroxyl groups is 2. The molecule has 0 atom stereocenters. The molecule has 2 aromatic carbocycles. The largest absolute Gasteiger partial charge is 0.506 e. The quantitative estimate of drug-likeness (QED) is 0.355. The SMILES string of the molecule is NCCN(CCN)C(=O)c1cc2c(o1)C(=O)c1c(c(O)c3ccccc3c1O)C2=O. The third-order valence-corrected chi connectivity index (χ3v) is 5.09. The van der Waals surface area contributed by atoms with Crippen molar-refractivity contribution in [2.45, 2.75) is 0 Å². The van der Waals surface area contributed by atoms with Crippen molar-refractivity contribution in [1.29, 1.82) is 0 Å². The minimum Gasteiger partial charge on any atom is -0.506 e. The Morgan fingerprint density at radius 3 is 2.00 bits per heavy atom. The summed E-state index contributed by atoms with van der Waals surface area (Å²) >= 11 is 0. The van der Waals surface area contributed by atoms with Gasteiger partial charge in [0.15, 0.2) is 11.5 Å². The first-order chi connectivity index (χ1) is 14.4. The number of ketones is 2. The molecule has 0 spiro atoms. The molecule has 9 heteroatoms. The molecule has 1 amide bonds. The molecule has 6 N–H and O–H groups in total. The highest BCUT2D eigenvalue weighted by Crippen LogP contribution is 2.44. The number of benzene rings is 2. The molecule has 0 saturated carbocycles.